The monoisotopic (exact) mass is 316 g/mol. The molecule has 2 heterocycles. The van der Waals surface area contributed by atoms with Gasteiger partial charge in [0.2, 0.25) is 0 Å². The number of rotatable bonds is 5. The fourth-order valence-electron chi connectivity index (χ4n) is 2.91. The summed E-state index contributed by atoms with van der Waals surface area (Å²) >= 11 is 0. The van der Waals surface area contributed by atoms with Gasteiger partial charge in [0, 0.05) is 6.54 Å². The van der Waals surface area contributed by atoms with E-state index in [1.54, 1.807) is 12.0 Å². The number of carbonyl (C=O) groups excluding carboxylic acids is 2. The van der Waals surface area contributed by atoms with Crippen LogP contribution in [0.15, 0.2) is 35.5 Å². The van der Waals surface area contributed by atoms with Crippen LogP contribution >= 0.6 is 0 Å². The molecule has 0 fully saturated rings. The Morgan fingerprint density at radius 3 is 2.70 bits per heavy atom. The highest BCUT2D eigenvalue weighted by Crippen LogP contribution is 2.35. The molecule has 2 aliphatic rings. The van der Waals surface area contributed by atoms with Crippen LogP contribution in [0.2, 0.25) is 0 Å². The maximum Gasteiger partial charge on any atom is 0.338 e. The van der Waals surface area contributed by atoms with E-state index in [1.165, 1.54) is 0 Å². The van der Waals surface area contributed by atoms with Crippen molar-refractivity contribution in [2.75, 3.05) is 20.3 Å². The predicted octanol–water partition coefficient (Wildman–Crippen LogP) is 2.37. The number of benzene rings is 1. The van der Waals surface area contributed by atoms with Crippen molar-refractivity contribution in [3.8, 4) is 5.75 Å². The maximum absolute atomic E-state index is 12.4. The molecule has 2 amide bonds. The fourth-order valence-corrected chi connectivity index (χ4v) is 2.91. The first-order chi connectivity index (χ1) is 11.2. The molecule has 122 valence electrons. The summed E-state index contributed by atoms with van der Waals surface area (Å²) in [5.41, 5.74) is 2.06. The average Bonchev–Trinajstić information content (AvgIpc) is 2.95. The Labute approximate surface area is 135 Å². The van der Waals surface area contributed by atoms with Crippen LogP contribution < -0.4 is 10.1 Å². The summed E-state index contributed by atoms with van der Waals surface area (Å²) in [6.07, 6.45) is 1.86. The number of hydrogen-bond donors (Lipinski definition) is 1. The van der Waals surface area contributed by atoms with E-state index >= 15 is 0 Å². The minimum Gasteiger partial charge on any atom is -0.497 e. The zero-order chi connectivity index (χ0) is 16.4. The Bertz CT molecular complexity index is 651. The number of hydrogen-bond acceptors (Lipinski definition) is 4. The van der Waals surface area contributed by atoms with Crippen molar-refractivity contribution < 1.29 is 19.1 Å². The number of nitrogens with zero attached hydrogens (tertiary/aromatic N) is 1. The van der Waals surface area contributed by atoms with E-state index in [-0.39, 0.29) is 18.6 Å². The normalized spacial score (nSPS) is 20.3. The van der Waals surface area contributed by atoms with Crippen molar-refractivity contribution in [2.45, 2.75) is 25.8 Å². The van der Waals surface area contributed by atoms with Crippen LogP contribution in [0.3, 0.4) is 0 Å². The van der Waals surface area contributed by atoms with Gasteiger partial charge in [0.05, 0.1) is 24.4 Å². The van der Waals surface area contributed by atoms with Gasteiger partial charge >= 0.3 is 12.0 Å². The largest absolute Gasteiger partial charge is 0.497 e. The van der Waals surface area contributed by atoms with Crippen LogP contribution in [0, 0.1) is 0 Å². The molecular weight excluding hydrogens is 296 g/mol. The number of cyclic esters (lactones) is 1. The van der Waals surface area contributed by atoms with Crippen LogP contribution in [-0.4, -0.2) is 37.2 Å². The first-order valence-electron chi connectivity index (χ1n) is 7.77. The van der Waals surface area contributed by atoms with Gasteiger partial charge in [-0.2, -0.15) is 0 Å². The lowest BCUT2D eigenvalue weighted by atomic mass is 9.95. The lowest BCUT2D eigenvalue weighted by molar-refractivity contribution is -0.136. The molecule has 1 aromatic carbocycles. The molecule has 1 N–H and O–H groups in total. The molecule has 0 saturated heterocycles. The molecule has 0 radical (unpaired) electrons. The lowest BCUT2D eigenvalue weighted by Gasteiger charge is -2.32. The second-order valence-electron chi connectivity index (χ2n) is 5.60. The van der Waals surface area contributed by atoms with Gasteiger partial charge in [-0.3, -0.25) is 4.90 Å². The molecular formula is C17H20N2O4. The summed E-state index contributed by atoms with van der Waals surface area (Å²) < 4.78 is 10.3. The first-order valence-corrected chi connectivity index (χ1v) is 7.77. The highest BCUT2D eigenvalue weighted by Gasteiger charge is 2.41. The van der Waals surface area contributed by atoms with Crippen LogP contribution in [0.5, 0.6) is 5.75 Å². The zero-order valence-corrected chi connectivity index (χ0v) is 13.3. The van der Waals surface area contributed by atoms with Crippen molar-refractivity contribution >= 4 is 12.0 Å². The Morgan fingerprint density at radius 1 is 1.30 bits per heavy atom. The molecule has 2 aliphatic heterocycles. The van der Waals surface area contributed by atoms with E-state index in [0.717, 1.165) is 24.2 Å². The molecule has 0 spiro atoms. The third-order valence-electron chi connectivity index (χ3n) is 4.18. The summed E-state index contributed by atoms with van der Waals surface area (Å²) in [5.74, 6) is 0.367. The molecule has 6 nitrogen and oxygen atoms in total. The Kier molecular flexibility index (Phi) is 4.23. The number of urea groups is 1. The smallest absolute Gasteiger partial charge is 0.338 e. The molecule has 0 saturated carbocycles. The van der Waals surface area contributed by atoms with Crippen LogP contribution in [0.1, 0.15) is 31.4 Å². The second-order valence-corrected chi connectivity index (χ2v) is 5.60. The number of carbonyl (C=O) groups is 2. The number of nitrogens with one attached hydrogen (secondary N) is 1. The highest BCUT2D eigenvalue weighted by molar-refractivity contribution is 5.97. The van der Waals surface area contributed by atoms with Crippen molar-refractivity contribution in [3.63, 3.8) is 0 Å². The topological polar surface area (TPSA) is 67.9 Å². The quantitative estimate of drug-likeness (QED) is 0.847. The van der Waals surface area contributed by atoms with Crippen LogP contribution in [-0.2, 0) is 9.53 Å². The molecule has 0 aliphatic carbocycles. The highest BCUT2D eigenvalue weighted by atomic mass is 16.5. The van der Waals surface area contributed by atoms with Crippen molar-refractivity contribution in [1.82, 2.24) is 10.2 Å². The van der Waals surface area contributed by atoms with Gasteiger partial charge in [-0.1, -0.05) is 25.5 Å². The Hall–Kier alpha value is -2.50. The minimum atomic E-state index is -0.476. The standard InChI is InChI=1S/C17H20N2O4/c1-3-4-9-19-13-10-23-16(20)14(13)15(18-17(19)21)11-5-7-12(22-2)8-6-11/h5-8,15H,3-4,9-10H2,1-2H3,(H,18,21). The molecule has 6 heteroatoms. The molecule has 3 rings (SSSR count). The molecule has 1 aromatic rings. The van der Waals surface area contributed by atoms with E-state index in [0.29, 0.717) is 17.8 Å². The zero-order valence-electron chi connectivity index (χ0n) is 13.3. The van der Waals surface area contributed by atoms with Crippen LogP contribution in [0.25, 0.3) is 0 Å². The third-order valence-corrected chi connectivity index (χ3v) is 4.18. The number of esters is 1. The summed E-state index contributed by atoms with van der Waals surface area (Å²) in [7, 11) is 1.60. The van der Waals surface area contributed by atoms with Crippen molar-refractivity contribution in [1.29, 1.82) is 0 Å². The van der Waals surface area contributed by atoms with E-state index in [9.17, 15) is 9.59 Å². The van der Waals surface area contributed by atoms with Gasteiger partial charge in [-0.25, -0.2) is 9.59 Å². The predicted molar refractivity (Wildman–Crippen MR) is 83.9 cm³/mol. The van der Waals surface area contributed by atoms with Gasteiger partial charge in [-0.15, -0.1) is 0 Å². The van der Waals surface area contributed by atoms with E-state index in [1.807, 2.05) is 24.3 Å². The van der Waals surface area contributed by atoms with Gasteiger partial charge in [0.25, 0.3) is 0 Å². The Balaban J connectivity index is 1.96. The van der Waals surface area contributed by atoms with E-state index < -0.39 is 6.04 Å². The van der Waals surface area contributed by atoms with E-state index in [2.05, 4.69) is 12.2 Å². The number of ether oxygens (including phenoxy) is 2. The van der Waals surface area contributed by atoms with Crippen LogP contribution in [0.4, 0.5) is 4.79 Å². The average molecular weight is 316 g/mol. The van der Waals surface area contributed by atoms with Crippen molar-refractivity contribution in [2.24, 2.45) is 0 Å². The molecule has 23 heavy (non-hydrogen) atoms. The summed E-state index contributed by atoms with van der Waals surface area (Å²) in [5, 5.41) is 2.92. The van der Waals surface area contributed by atoms with Gasteiger partial charge in [0.1, 0.15) is 12.4 Å². The number of unbranched alkanes of at least 4 members (excludes halogenated alkanes) is 1. The van der Waals surface area contributed by atoms with E-state index in [4.69, 9.17) is 9.47 Å². The molecule has 0 aromatic heterocycles. The van der Waals surface area contributed by atoms with Gasteiger partial charge in [0.15, 0.2) is 0 Å². The second kappa shape index (κ2) is 6.32. The summed E-state index contributed by atoms with van der Waals surface area (Å²) in [6.45, 7) is 2.82. The molecule has 1 atom stereocenters. The van der Waals surface area contributed by atoms with Crippen molar-refractivity contribution in [3.05, 3.63) is 41.1 Å². The maximum atomic E-state index is 12.4. The fraction of sp³-hybridized carbons (Fsp3) is 0.412. The third kappa shape index (κ3) is 2.76. The molecule has 0 bridgehead atoms. The number of amides is 2. The first kappa shape index (κ1) is 15.4. The molecule has 1 unspecified atom stereocenters. The minimum absolute atomic E-state index is 0.165. The SMILES string of the molecule is CCCCN1C(=O)NC(c2ccc(OC)cc2)C2=C1COC2=O. The number of methoxy groups -OCH3 is 1. The lowest BCUT2D eigenvalue weighted by Crippen LogP contribution is -2.47. The van der Waals surface area contributed by atoms with Gasteiger partial charge < -0.3 is 14.8 Å². The summed E-state index contributed by atoms with van der Waals surface area (Å²) in [6, 6.07) is 6.66. The Morgan fingerprint density at radius 2 is 2.04 bits per heavy atom. The van der Waals surface area contributed by atoms with Gasteiger partial charge in [-0.05, 0) is 24.1 Å². The summed E-state index contributed by atoms with van der Waals surface area (Å²) in [4.78, 5) is 26.2.